The predicted molar refractivity (Wildman–Crippen MR) is 88.4 cm³/mol. The van der Waals surface area contributed by atoms with Gasteiger partial charge < -0.3 is 15.0 Å². The molecule has 0 bridgehead atoms. The molecule has 2 aromatic rings. The van der Waals surface area contributed by atoms with Crippen molar-refractivity contribution >= 4 is 29.1 Å². The number of carbonyl (C=O) groups is 1. The highest BCUT2D eigenvalue weighted by Crippen LogP contribution is 2.32. The van der Waals surface area contributed by atoms with Crippen molar-refractivity contribution in [2.24, 2.45) is 0 Å². The first kappa shape index (κ1) is 16.4. The maximum Gasteiger partial charge on any atom is 0.360 e. The number of nitrogens with zero attached hydrogens (tertiary/aromatic N) is 6. The van der Waals surface area contributed by atoms with E-state index in [4.69, 9.17) is 11.6 Å². The fourth-order valence-corrected chi connectivity index (χ4v) is 3.03. The fourth-order valence-electron chi connectivity index (χ4n) is 2.81. The zero-order chi connectivity index (χ0) is 17.1. The first-order chi connectivity index (χ1) is 11.6. The van der Waals surface area contributed by atoms with Gasteiger partial charge in [-0.1, -0.05) is 16.8 Å². The molecule has 1 aliphatic heterocycles. The number of carbonyl (C=O) groups excluding carboxylic acids is 1. The van der Waals surface area contributed by atoms with Gasteiger partial charge in [-0.05, 0) is 12.8 Å². The SMILES string of the molecule is CNc1c(Cl)ncnc1N1CCC(n2cc(C(=O)OC)nn2)CC1. The van der Waals surface area contributed by atoms with Crippen LogP contribution in [0.1, 0.15) is 29.4 Å². The standard InChI is InChI=1S/C14H18ClN7O2/c1-16-11-12(15)17-8-18-13(11)21-5-3-9(4-6-21)22-7-10(19-20-22)14(23)24-2/h7-9,16H,3-6H2,1-2H3. The van der Waals surface area contributed by atoms with Crippen LogP contribution >= 0.6 is 11.6 Å². The molecule has 0 radical (unpaired) electrons. The summed E-state index contributed by atoms with van der Waals surface area (Å²) in [7, 11) is 3.12. The number of piperidine rings is 1. The van der Waals surface area contributed by atoms with Crippen molar-refractivity contribution in [1.82, 2.24) is 25.0 Å². The number of ether oxygens (including phenoxy) is 1. The minimum Gasteiger partial charge on any atom is -0.464 e. The van der Waals surface area contributed by atoms with E-state index in [2.05, 4.69) is 35.2 Å². The Hall–Kier alpha value is -2.42. The molecule has 0 aromatic carbocycles. The molecule has 0 atom stereocenters. The van der Waals surface area contributed by atoms with Crippen molar-refractivity contribution < 1.29 is 9.53 Å². The van der Waals surface area contributed by atoms with Gasteiger partial charge in [-0.3, -0.25) is 0 Å². The van der Waals surface area contributed by atoms with Crippen molar-refractivity contribution in [2.45, 2.75) is 18.9 Å². The number of rotatable bonds is 4. The molecule has 3 rings (SSSR count). The Morgan fingerprint density at radius 1 is 1.38 bits per heavy atom. The second kappa shape index (κ2) is 7.00. The van der Waals surface area contributed by atoms with Crippen LogP contribution in [0.4, 0.5) is 11.5 Å². The van der Waals surface area contributed by atoms with E-state index in [1.54, 1.807) is 17.9 Å². The van der Waals surface area contributed by atoms with Crippen LogP contribution in [0.5, 0.6) is 0 Å². The van der Waals surface area contributed by atoms with Crippen molar-refractivity contribution in [2.75, 3.05) is 37.5 Å². The van der Waals surface area contributed by atoms with Crippen LogP contribution in [0.25, 0.3) is 0 Å². The zero-order valence-corrected chi connectivity index (χ0v) is 14.2. The fraction of sp³-hybridized carbons (Fsp3) is 0.500. The third-order valence-electron chi connectivity index (χ3n) is 4.07. The molecule has 0 spiro atoms. The van der Waals surface area contributed by atoms with Crippen LogP contribution in [0.3, 0.4) is 0 Å². The molecule has 0 saturated carbocycles. The van der Waals surface area contributed by atoms with Gasteiger partial charge in [0.1, 0.15) is 12.0 Å². The lowest BCUT2D eigenvalue weighted by Crippen LogP contribution is -2.35. The van der Waals surface area contributed by atoms with Crippen molar-refractivity contribution in [3.8, 4) is 0 Å². The highest BCUT2D eigenvalue weighted by molar-refractivity contribution is 6.32. The molecule has 1 N–H and O–H groups in total. The molecular formula is C14H18ClN7O2. The minimum absolute atomic E-state index is 0.183. The number of aromatic nitrogens is 5. The van der Waals surface area contributed by atoms with E-state index in [-0.39, 0.29) is 11.7 Å². The predicted octanol–water partition coefficient (Wildman–Crippen LogP) is 1.39. The number of esters is 1. The number of methoxy groups -OCH3 is 1. The molecule has 2 aromatic heterocycles. The summed E-state index contributed by atoms with van der Waals surface area (Å²) in [6, 6.07) is 0.183. The van der Waals surface area contributed by atoms with Crippen LogP contribution in [-0.2, 0) is 4.74 Å². The average Bonchev–Trinajstić information content (AvgIpc) is 3.11. The average molecular weight is 352 g/mol. The van der Waals surface area contributed by atoms with Crippen molar-refractivity contribution in [3.05, 3.63) is 23.4 Å². The van der Waals surface area contributed by atoms with E-state index in [0.717, 1.165) is 37.4 Å². The maximum absolute atomic E-state index is 11.5. The van der Waals surface area contributed by atoms with Gasteiger partial charge in [-0.25, -0.2) is 19.4 Å². The summed E-state index contributed by atoms with van der Waals surface area (Å²) in [5.74, 6) is 0.317. The summed E-state index contributed by atoms with van der Waals surface area (Å²) in [4.78, 5) is 22.0. The van der Waals surface area contributed by atoms with Gasteiger partial charge in [0.2, 0.25) is 0 Å². The summed E-state index contributed by atoms with van der Waals surface area (Å²) >= 11 is 6.11. The molecule has 3 heterocycles. The first-order valence-corrected chi connectivity index (χ1v) is 7.95. The Balaban J connectivity index is 1.69. The normalized spacial score (nSPS) is 15.4. The summed E-state index contributed by atoms with van der Waals surface area (Å²) in [6.45, 7) is 1.58. The van der Waals surface area contributed by atoms with Crippen LogP contribution in [-0.4, -0.2) is 58.2 Å². The van der Waals surface area contributed by atoms with E-state index in [1.165, 1.54) is 13.4 Å². The molecule has 24 heavy (non-hydrogen) atoms. The molecule has 128 valence electrons. The second-order valence-electron chi connectivity index (χ2n) is 5.41. The van der Waals surface area contributed by atoms with Crippen LogP contribution in [0.15, 0.2) is 12.5 Å². The molecule has 9 nitrogen and oxygen atoms in total. The molecule has 0 amide bonds. The van der Waals surface area contributed by atoms with Gasteiger partial charge in [-0.15, -0.1) is 5.10 Å². The molecule has 10 heteroatoms. The largest absolute Gasteiger partial charge is 0.464 e. The molecule has 1 saturated heterocycles. The number of anilines is 2. The minimum atomic E-state index is -0.479. The Bertz CT molecular complexity index is 728. The lowest BCUT2D eigenvalue weighted by molar-refractivity contribution is 0.0594. The quantitative estimate of drug-likeness (QED) is 0.652. The lowest BCUT2D eigenvalue weighted by Gasteiger charge is -2.33. The summed E-state index contributed by atoms with van der Waals surface area (Å²) in [6.07, 6.45) is 4.81. The van der Waals surface area contributed by atoms with Gasteiger partial charge in [0.15, 0.2) is 16.7 Å². The Morgan fingerprint density at radius 3 is 2.79 bits per heavy atom. The van der Waals surface area contributed by atoms with Gasteiger partial charge in [0.25, 0.3) is 0 Å². The second-order valence-corrected chi connectivity index (χ2v) is 5.76. The number of hydrogen-bond acceptors (Lipinski definition) is 8. The van der Waals surface area contributed by atoms with Gasteiger partial charge >= 0.3 is 5.97 Å². The van der Waals surface area contributed by atoms with E-state index in [0.29, 0.717) is 5.15 Å². The van der Waals surface area contributed by atoms with Crippen LogP contribution in [0, 0.1) is 0 Å². The molecule has 0 aliphatic carbocycles. The van der Waals surface area contributed by atoms with Crippen molar-refractivity contribution in [3.63, 3.8) is 0 Å². The van der Waals surface area contributed by atoms with E-state index < -0.39 is 5.97 Å². The highest BCUT2D eigenvalue weighted by Gasteiger charge is 2.25. The third kappa shape index (κ3) is 3.12. The van der Waals surface area contributed by atoms with E-state index in [9.17, 15) is 4.79 Å². The number of halogens is 1. The van der Waals surface area contributed by atoms with Gasteiger partial charge in [0.05, 0.1) is 19.3 Å². The van der Waals surface area contributed by atoms with Crippen LogP contribution < -0.4 is 10.2 Å². The first-order valence-electron chi connectivity index (χ1n) is 7.57. The van der Waals surface area contributed by atoms with E-state index >= 15 is 0 Å². The number of hydrogen-bond donors (Lipinski definition) is 1. The topological polar surface area (TPSA) is 98.1 Å². The summed E-state index contributed by atoms with van der Waals surface area (Å²) in [5, 5.41) is 11.4. The summed E-state index contributed by atoms with van der Waals surface area (Å²) < 4.78 is 6.38. The molecule has 1 fully saturated rings. The highest BCUT2D eigenvalue weighted by atomic mass is 35.5. The monoisotopic (exact) mass is 351 g/mol. The third-order valence-corrected chi connectivity index (χ3v) is 4.36. The van der Waals surface area contributed by atoms with E-state index in [1.807, 2.05) is 0 Å². The lowest BCUT2D eigenvalue weighted by atomic mass is 10.1. The number of nitrogens with one attached hydrogen (secondary N) is 1. The smallest absolute Gasteiger partial charge is 0.360 e. The Morgan fingerprint density at radius 2 is 2.12 bits per heavy atom. The molecule has 0 unspecified atom stereocenters. The van der Waals surface area contributed by atoms with Crippen LogP contribution in [0.2, 0.25) is 5.15 Å². The molecule has 1 aliphatic rings. The van der Waals surface area contributed by atoms with Crippen molar-refractivity contribution in [1.29, 1.82) is 0 Å². The Kier molecular flexibility index (Phi) is 4.79. The maximum atomic E-state index is 11.5. The van der Waals surface area contributed by atoms with Gasteiger partial charge in [-0.2, -0.15) is 0 Å². The summed E-state index contributed by atoms with van der Waals surface area (Å²) in [5.41, 5.74) is 0.950. The zero-order valence-electron chi connectivity index (χ0n) is 13.4. The Labute approximate surface area is 144 Å². The molecular weight excluding hydrogens is 334 g/mol. The van der Waals surface area contributed by atoms with Gasteiger partial charge in [0, 0.05) is 20.1 Å².